The van der Waals surface area contributed by atoms with E-state index in [-0.39, 0.29) is 5.75 Å². The van der Waals surface area contributed by atoms with Gasteiger partial charge in [-0.25, -0.2) is 9.37 Å². The topological polar surface area (TPSA) is 31.4 Å². The number of methoxy groups -OCH3 is 2. The lowest BCUT2D eigenvalue weighted by Crippen LogP contribution is -1.91. The van der Waals surface area contributed by atoms with Crippen LogP contribution >= 0.6 is 11.6 Å². The fourth-order valence-corrected chi connectivity index (χ4v) is 2.52. The molecule has 1 aromatic heterocycles. The number of hydrogen-bond donors (Lipinski definition) is 0. The van der Waals surface area contributed by atoms with Crippen LogP contribution in [-0.4, -0.2) is 19.2 Å². The highest BCUT2D eigenvalue weighted by atomic mass is 35.5. The molecule has 0 aliphatic carbocycles. The van der Waals surface area contributed by atoms with E-state index in [0.29, 0.717) is 22.0 Å². The molecule has 3 rings (SSSR count). The number of nitrogens with zero attached hydrogens (tertiary/aromatic N) is 1. The van der Waals surface area contributed by atoms with Crippen molar-refractivity contribution in [2.45, 2.75) is 0 Å². The van der Waals surface area contributed by atoms with Gasteiger partial charge in [-0.1, -0.05) is 11.6 Å². The lowest BCUT2D eigenvalue weighted by molar-refractivity contribution is 0.386. The molecule has 112 valence electrons. The predicted molar refractivity (Wildman–Crippen MR) is 85.3 cm³/mol. The van der Waals surface area contributed by atoms with Crippen LogP contribution in [0.5, 0.6) is 11.5 Å². The maximum atomic E-state index is 13.8. The lowest BCUT2D eigenvalue weighted by Gasteiger charge is -2.08. The molecule has 0 spiro atoms. The van der Waals surface area contributed by atoms with Gasteiger partial charge >= 0.3 is 0 Å². The van der Waals surface area contributed by atoms with Crippen LogP contribution in [0.3, 0.4) is 0 Å². The molecule has 0 unspecified atom stereocenters. The van der Waals surface area contributed by atoms with Gasteiger partial charge in [0.25, 0.3) is 0 Å². The summed E-state index contributed by atoms with van der Waals surface area (Å²) in [5.74, 6) is 0.465. The Balaban J connectivity index is 2.14. The quantitative estimate of drug-likeness (QED) is 0.701. The molecule has 5 heteroatoms. The highest BCUT2D eigenvalue weighted by Crippen LogP contribution is 2.31. The van der Waals surface area contributed by atoms with E-state index in [9.17, 15) is 4.39 Å². The van der Waals surface area contributed by atoms with Crippen LogP contribution in [0.25, 0.3) is 22.2 Å². The Morgan fingerprint density at radius 2 is 1.82 bits per heavy atom. The number of ether oxygens (including phenoxy) is 2. The average molecular weight is 318 g/mol. The van der Waals surface area contributed by atoms with Crippen molar-refractivity contribution in [3.8, 4) is 22.8 Å². The summed E-state index contributed by atoms with van der Waals surface area (Å²) in [6, 6.07) is 11.9. The summed E-state index contributed by atoms with van der Waals surface area (Å²) in [6.45, 7) is 0. The van der Waals surface area contributed by atoms with Gasteiger partial charge in [0.2, 0.25) is 0 Å². The van der Waals surface area contributed by atoms with E-state index in [1.165, 1.54) is 13.2 Å². The van der Waals surface area contributed by atoms with Crippen LogP contribution in [0.4, 0.5) is 4.39 Å². The van der Waals surface area contributed by atoms with Gasteiger partial charge in [0.1, 0.15) is 5.75 Å². The summed E-state index contributed by atoms with van der Waals surface area (Å²) in [5, 5.41) is 1.33. The molecule has 0 radical (unpaired) electrons. The molecule has 0 fully saturated rings. The number of benzene rings is 2. The van der Waals surface area contributed by atoms with Crippen LogP contribution in [0, 0.1) is 5.82 Å². The molecule has 0 bridgehead atoms. The van der Waals surface area contributed by atoms with Gasteiger partial charge in [-0.3, -0.25) is 0 Å². The van der Waals surface area contributed by atoms with E-state index in [4.69, 9.17) is 21.1 Å². The van der Waals surface area contributed by atoms with Gasteiger partial charge in [-0.05, 0) is 42.5 Å². The first-order valence-corrected chi connectivity index (χ1v) is 6.98. The third-order valence-corrected chi connectivity index (χ3v) is 3.73. The highest BCUT2D eigenvalue weighted by Gasteiger charge is 2.10. The van der Waals surface area contributed by atoms with Crippen LogP contribution in [0.2, 0.25) is 5.02 Å². The van der Waals surface area contributed by atoms with Crippen molar-refractivity contribution in [1.82, 2.24) is 4.98 Å². The fraction of sp³-hybridized carbons (Fsp3) is 0.118. The van der Waals surface area contributed by atoms with Crippen LogP contribution in [-0.2, 0) is 0 Å². The second kappa shape index (κ2) is 5.81. The van der Waals surface area contributed by atoms with Crippen molar-refractivity contribution < 1.29 is 13.9 Å². The van der Waals surface area contributed by atoms with Crippen molar-refractivity contribution >= 4 is 22.5 Å². The summed E-state index contributed by atoms with van der Waals surface area (Å²) in [4.78, 5) is 4.53. The van der Waals surface area contributed by atoms with Crippen molar-refractivity contribution in [1.29, 1.82) is 0 Å². The lowest BCUT2D eigenvalue weighted by atomic mass is 10.1. The molecular weight excluding hydrogens is 305 g/mol. The normalized spacial score (nSPS) is 10.7. The van der Waals surface area contributed by atoms with E-state index in [1.54, 1.807) is 25.3 Å². The van der Waals surface area contributed by atoms with Gasteiger partial charge in [0, 0.05) is 10.9 Å². The van der Waals surface area contributed by atoms with Crippen molar-refractivity contribution in [2.24, 2.45) is 0 Å². The second-order valence-electron chi connectivity index (χ2n) is 4.72. The van der Waals surface area contributed by atoms with Crippen molar-refractivity contribution in [3.05, 3.63) is 53.3 Å². The maximum absolute atomic E-state index is 13.8. The van der Waals surface area contributed by atoms with Crippen LogP contribution in [0.15, 0.2) is 42.5 Å². The summed E-state index contributed by atoms with van der Waals surface area (Å²) in [5.41, 5.74) is 1.96. The molecule has 0 aliphatic rings. The smallest absolute Gasteiger partial charge is 0.165 e. The first kappa shape index (κ1) is 14.6. The van der Waals surface area contributed by atoms with Crippen molar-refractivity contribution in [2.75, 3.05) is 14.2 Å². The first-order valence-electron chi connectivity index (χ1n) is 6.60. The Bertz CT molecular complexity index is 851. The highest BCUT2D eigenvalue weighted by molar-refractivity contribution is 6.35. The Morgan fingerprint density at radius 1 is 1.00 bits per heavy atom. The molecule has 22 heavy (non-hydrogen) atoms. The Morgan fingerprint density at radius 3 is 2.50 bits per heavy atom. The van der Waals surface area contributed by atoms with Crippen LogP contribution < -0.4 is 9.47 Å². The largest absolute Gasteiger partial charge is 0.497 e. The molecule has 0 amide bonds. The first-order chi connectivity index (χ1) is 10.6. The standard InChI is InChI=1S/C17H13ClFNO2/c1-21-11-4-5-15-12(8-11)13(18)9-16(20-15)10-3-6-17(22-2)14(19)7-10/h3-9H,1-2H3. The fourth-order valence-electron chi connectivity index (χ4n) is 2.26. The number of rotatable bonds is 3. The Labute approximate surface area is 132 Å². The number of pyridine rings is 1. The minimum Gasteiger partial charge on any atom is -0.497 e. The van der Waals surface area contributed by atoms with E-state index >= 15 is 0 Å². The van der Waals surface area contributed by atoms with E-state index < -0.39 is 5.82 Å². The number of hydrogen-bond acceptors (Lipinski definition) is 3. The molecule has 0 saturated heterocycles. The van der Waals surface area contributed by atoms with Gasteiger partial charge < -0.3 is 9.47 Å². The number of halogens is 2. The summed E-state index contributed by atoms with van der Waals surface area (Å²) >= 11 is 6.33. The van der Waals surface area contributed by atoms with Crippen LogP contribution in [0.1, 0.15) is 0 Å². The molecule has 0 N–H and O–H groups in total. The third kappa shape index (κ3) is 2.57. The molecular formula is C17H13ClFNO2. The summed E-state index contributed by atoms with van der Waals surface area (Å²) in [6.07, 6.45) is 0. The third-order valence-electron chi connectivity index (χ3n) is 3.41. The maximum Gasteiger partial charge on any atom is 0.165 e. The monoisotopic (exact) mass is 317 g/mol. The zero-order valence-electron chi connectivity index (χ0n) is 12.1. The Hall–Kier alpha value is -2.33. The molecule has 0 aliphatic heterocycles. The van der Waals surface area contributed by atoms with E-state index in [2.05, 4.69) is 4.98 Å². The molecule has 1 heterocycles. The zero-order chi connectivity index (χ0) is 15.7. The minimum atomic E-state index is -0.437. The molecule has 3 nitrogen and oxygen atoms in total. The van der Waals surface area contributed by atoms with Gasteiger partial charge in [0.15, 0.2) is 11.6 Å². The van der Waals surface area contributed by atoms with Gasteiger partial charge in [0.05, 0.1) is 30.5 Å². The van der Waals surface area contributed by atoms with Gasteiger partial charge in [-0.2, -0.15) is 0 Å². The van der Waals surface area contributed by atoms with Crippen molar-refractivity contribution in [3.63, 3.8) is 0 Å². The summed E-state index contributed by atoms with van der Waals surface area (Å²) in [7, 11) is 3.02. The number of fused-ring (bicyclic) bond motifs is 1. The average Bonchev–Trinajstić information content (AvgIpc) is 2.54. The predicted octanol–water partition coefficient (Wildman–Crippen LogP) is 4.71. The van der Waals surface area contributed by atoms with Gasteiger partial charge in [-0.15, -0.1) is 0 Å². The van der Waals surface area contributed by atoms with E-state index in [1.807, 2.05) is 18.2 Å². The molecule has 0 atom stereocenters. The molecule has 3 aromatic rings. The molecule has 0 saturated carbocycles. The second-order valence-corrected chi connectivity index (χ2v) is 5.13. The van der Waals surface area contributed by atoms with E-state index in [0.717, 1.165) is 10.9 Å². The zero-order valence-corrected chi connectivity index (χ0v) is 12.8. The summed E-state index contributed by atoms with van der Waals surface area (Å²) < 4.78 is 24.0. The minimum absolute atomic E-state index is 0.195. The SMILES string of the molecule is COc1ccc2nc(-c3ccc(OC)c(F)c3)cc(Cl)c2c1. The number of aromatic nitrogens is 1. The Kier molecular flexibility index (Phi) is 3.86. The molecule has 2 aromatic carbocycles.